The van der Waals surface area contributed by atoms with Crippen molar-refractivity contribution in [1.82, 2.24) is 4.98 Å². The van der Waals surface area contributed by atoms with E-state index in [2.05, 4.69) is 37.0 Å². The van der Waals surface area contributed by atoms with Gasteiger partial charge < -0.3 is 5.73 Å². The number of nitrogens with two attached hydrogens (primary N) is 1. The number of benzene rings is 1. The van der Waals surface area contributed by atoms with E-state index in [-0.39, 0.29) is 0 Å². The molecule has 17 heavy (non-hydrogen) atoms. The van der Waals surface area contributed by atoms with Gasteiger partial charge in [0.25, 0.3) is 0 Å². The monoisotopic (exact) mass is 244 g/mol. The summed E-state index contributed by atoms with van der Waals surface area (Å²) in [6.45, 7) is 4.25. The molecule has 0 spiro atoms. The molecule has 2 aromatic rings. The Labute approximate surface area is 106 Å². The summed E-state index contributed by atoms with van der Waals surface area (Å²) < 4.78 is 0. The van der Waals surface area contributed by atoms with Gasteiger partial charge in [0.15, 0.2) is 0 Å². The fourth-order valence-electron chi connectivity index (χ4n) is 1.82. The third-order valence-electron chi connectivity index (χ3n) is 2.41. The molecule has 0 fully saturated rings. The van der Waals surface area contributed by atoms with Crippen LogP contribution in [0.2, 0.25) is 0 Å². The lowest BCUT2D eigenvalue weighted by Gasteiger charge is -2.05. The Morgan fingerprint density at radius 2 is 1.82 bits per heavy atom. The van der Waals surface area contributed by atoms with E-state index in [1.807, 2.05) is 12.1 Å². The predicted molar refractivity (Wildman–Crippen MR) is 74.1 cm³/mol. The quantitative estimate of drug-likeness (QED) is 0.839. The number of nitrogens with zero attached hydrogens (tertiary/aromatic N) is 1. The Hall–Kier alpha value is -1.48. The van der Waals surface area contributed by atoms with E-state index in [9.17, 15) is 0 Å². The van der Waals surface area contributed by atoms with E-state index in [1.54, 1.807) is 17.8 Å². The number of aryl methyl sites for hydroxylation is 2. The molecule has 88 valence electrons. The van der Waals surface area contributed by atoms with Crippen LogP contribution in [0.25, 0.3) is 0 Å². The average Bonchev–Trinajstić information content (AvgIpc) is 2.25. The number of rotatable bonds is 3. The Morgan fingerprint density at radius 1 is 1.12 bits per heavy atom. The molecule has 0 saturated heterocycles. The van der Waals surface area contributed by atoms with Crippen LogP contribution in [-0.2, 0) is 5.75 Å². The Balaban J connectivity index is 2.07. The summed E-state index contributed by atoms with van der Waals surface area (Å²) in [5.41, 5.74) is 9.59. The zero-order valence-corrected chi connectivity index (χ0v) is 10.9. The topological polar surface area (TPSA) is 38.9 Å². The highest BCUT2D eigenvalue weighted by molar-refractivity contribution is 7.98. The second kappa shape index (κ2) is 5.23. The van der Waals surface area contributed by atoms with Gasteiger partial charge in [-0.25, -0.2) is 4.98 Å². The fraction of sp³-hybridized carbons (Fsp3) is 0.214. The molecule has 0 bridgehead atoms. The summed E-state index contributed by atoms with van der Waals surface area (Å²) in [4.78, 5) is 4.27. The molecule has 1 heterocycles. The highest BCUT2D eigenvalue weighted by Crippen LogP contribution is 2.22. The van der Waals surface area contributed by atoms with Crippen LogP contribution in [0.1, 0.15) is 16.7 Å². The van der Waals surface area contributed by atoms with Crippen molar-refractivity contribution >= 4 is 17.6 Å². The first-order valence-corrected chi connectivity index (χ1v) is 6.54. The number of hydrogen-bond donors (Lipinski definition) is 1. The van der Waals surface area contributed by atoms with Crippen molar-refractivity contribution in [2.24, 2.45) is 0 Å². The third kappa shape index (κ3) is 3.49. The van der Waals surface area contributed by atoms with Crippen LogP contribution in [0, 0.1) is 13.8 Å². The van der Waals surface area contributed by atoms with Crippen LogP contribution >= 0.6 is 11.8 Å². The molecule has 1 aromatic heterocycles. The molecule has 3 heteroatoms. The van der Waals surface area contributed by atoms with Crippen molar-refractivity contribution in [1.29, 1.82) is 0 Å². The van der Waals surface area contributed by atoms with Crippen molar-refractivity contribution in [3.63, 3.8) is 0 Å². The van der Waals surface area contributed by atoms with Crippen LogP contribution < -0.4 is 5.73 Å². The van der Waals surface area contributed by atoms with E-state index in [0.29, 0.717) is 5.82 Å². The van der Waals surface area contributed by atoms with Gasteiger partial charge in [-0.1, -0.05) is 35.4 Å². The fourth-order valence-corrected chi connectivity index (χ4v) is 2.65. The summed E-state index contributed by atoms with van der Waals surface area (Å²) >= 11 is 1.71. The van der Waals surface area contributed by atoms with E-state index < -0.39 is 0 Å². The zero-order chi connectivity index (χ0) is 12.3. The second-order valence-corrected chi connectivity index (χ2v) is 5.18. The van der Waals surface area contributed by atoms with Crippen molar-refractivity contribution in [2.45, 2.75) is 24.6 Å². The summed E-state index contributed by atoms with van der Waals surface area (Å²) in [6, 6.07) is 12.3. The van der Waals surface area contributed by atoms with Gasteiger partial charge >= 0.3 is 0 Å². The number of nitrogen functional groups attached to an aromatic ring is 1. The first-order chi connectivity index (χ1) is 8.13. The van der Waals surface area contributed by atoms with E-state index in [0.717, 1.165) is 10.8 Å². The average molecular weight is 244 g/mol. The Kier molecular flexibility index (Phi) is 3.69. The molecular weight excluding hydrogens is 228 g/mol. The maximum absolute atomic E-state index is 5.65. The van der Waals surface area contributed by atoms with Crippen molar-refractivity contribution < 1.29 is 0 Å². The van der Waals surface area contributed by atoms with Gasteiger partial charge in [-0.3, -0.25) is 0 Å². The van der Waals surface area contributed by atoms with Crippen LogP contribution in [0.4, 0.5) is 5.82 Å². The van der Waals surface area contributed by atoms with E-state index in [4.69, 9.17) is 5.73 Å². The highest BCUT2D eigenvalue weighted by atomic mass is 32.2. The molecule has 0 amide bonds. The molecule has 0 atom stereocenters. The lowest BCUT2D eigenvalue weighted by atomic mass is 10.1. The normalized spacial score (nSPS) is 10.5. The van der Waals surface area contributed by atoms with Crippen molar-refractivity contribution in [3.05, 3.63) is 53.1 Å². The maximum atomic E-state index is 5.65. The molecule has 2 rings (SSSR count). The molecule has 0 aliphatic rings. The van der Waals surface area contributed by atoms with Gasteiger partial charge in [-0.05, 0) is 31.5 Å². The van der Waals surface area contributed by atoms with Gasteiger partial charge in [-0.2, -0.15) is 0 Å². The lowest BCUT2D eigenvalue weighted by Crippen LogP contribution is -1.91. The first kappa shape index (κ1) is 12.0. The summed E-state index contributed by atoms with van der Waals surface area (Å²) in [5, 5.41) is 0.976. The minimum Gasteiger partial charge on any atom is -0.384 e. The lowest BCUT2D eigenvalue weighted by molar-refractivity contribution is 1.14. The highest BCUT2D eigenvalue weighted by Gasteiger charge is 2.00. The van der Waals surface area contributed by atoms with Gasteiger partial charge in [0, 0.05) is 5.75 Å². The minimum atomic E-state index is 0.579. The summed E-state index contributed by atoms with van der Waals surface area (Å²) in [6.07, 6.45) is 0. The number of thioether (sulfide) groups is 1. The van der Waals surface area contributed by atoms with Crippen LogP contribution in [0.15, 0.2) is 41.4 Å². The number of hydrogen-bond acceptors (Lipinski definition) is 3. The zero-order valence-electron chi connectivity index (χ0n) is 10.1. The predicted octanol–water partition coefficient (Wildman–Crippen LogP) is 3.57. The van der Waals surface area contributed by atoms with Gasteiger partial charge in [-0.15, -0.1) is 11.8 Å². The Bertz CT molecular complexity index is 503. The smallest absolute Gasteiger partial charge is 0.124 e. The molecule has 0 unspecified atom stereocenters. The molecule has 2 nitrogen and oxygen atoms in total. The molecule has 0 saturated carbocycles. The van der Waals surface area contributed by atoms with Crippen LogP contribution in [-0.4, -0.2) is 4.98 Å². The molecule has 0 aliphatic heterocycles. The third-order valence-corrected chi connectivity index (χ3v) is 3.41. The number of anilines is 1. The molecule has 0 aliphatic carbocycles. The standard InChI is InChI=1S/C14H16N2S/c1-10-6-11(2)8-12(7-10)9-17-14-5-3-4-13(15)16-14/h3-8H,9H2,1-2H3,(H2,15,16). The van der Waals surface area contributed by atoms with E-state index >= 15 is 0 Å². The minimum absolute atomic E-state index is 0.579. The molecule has 1 aromatic carbocycles. The largest absolute Gasteiger partial charge is 0.384 e. The summed E-state index contributed by atoms with van der Waals surface area (Å²) in [7, 11) is 0. The molecule has 0 radical (unpaired) electrons. The van der Waals surface area contributed by atoms with Crippen LogP contribution in [0.3, 0.4) is 0 Å². The van der Waals surface area contributed by atoms with Crippen molar-refractivity contribution in [2.75, 3.05) is 5.73 Å². The number of pyridine rings is 1. The number of aromatic nitrogens is 1. The Morgan fingerprint density at radius 3 is 2.47 bits per heavy atom. The van der Waals surface area contributed by atoms with Crippen molar-refractivity contribution in [3.8, 4) is 0 Å². The van der Waals surface area contributed by atoms with Gasteiger partial charge in [0.1, 0.15) is 5.82 Å². The second-order valence-electron chi connectivity index (χ2n) is 4.19. The first-order valence-electron chi connectivity index (χ1n) is 5.56. The SMILES string of the molecule is Cc1cc(C)cc(CSc2cccc(N)n2)c1. The van der Waals surface area contributed by atoms with Crippen LogP contribution in [0.5, 0.6) is 0 Å². The van der Waals surface area contributed by atoms with E-state index in [1.165, 1.54) is 16.7 Å². The molecular formula is C14H16N2S. The molecule has 2 N–H and O–H groups in total. The van der Waals surface area contributed by atoms with Gasteiger partial charge in [0.05, 0.1) is 5.03 Å². The maximum Gasteiger partial charge on any atom is 0.124 e. The van der Waals surface area contributed by atoms with Gasteiger partial charge in [0.2, 0.25) is 0 Å². The summed E-state index contributed by atoms with van der Waals surface area (Å²) in [5.74, 6) is 1.51.